The minimum atomic E-state index is -0.313. The van der Waals surface area contributed by atoms with Crippen LogP contribution in [0.1, 0.15) is 19.8 Å². The normalized spacial score (nSPS) is 8.82. The van der Waals surface area contributed by atoms with E-state index in [4.69, 9.17) is 4.74 Å². The Morgan fingerprint density at radius 1 is 1.64 bits per heavy atom. The third-order valence-corrected chi connectivity index (χ3v) is 1.17. The Hall–Kier alpha value is -1.05. The molecule has 62 valence electrons. The zero-order valence-electron chi connectivity index (χ0n) is 6.93. The monoisotopic (exact) mass is 154 g/mol. The molecular formula is C9H14O2. The van der Waals surface area contributed by atoms with Gasteiger partial charge in [-0.15, -0.1) is 0 Å². The molecule has 0 atom stereocenters. The largest absolute Gasteiger partial charge is 0.458 e. The maximum absolute atomic E-state index is 10.9. The van der Waals surface area contributed by atoms with Crippen LogP contribution in [0.15, 0.2) is 24.8 Å². The van der Waals surface area contributed by atoms with Crippen LogP contribution in [0.2, 0.25) is 0 Å². The number of hydrogen-bond acceptors (Lipinski definition) is 2. The minimum Gasteiger partial charge on any atom is -0.458 e. The van der Waals surface area contributed by atoms with Crippen molar-refractivity contribution in [1.82, 2.24) is 0 Å². The van der Waals surface area contributed by atoms with Gasteiger partial charge in [0.2, 0.25) is 0 Å². The Labute approximate surface area is 67.6 Å². The first-order valence-corrected chi connectivity index (χ1v) is 3.68. The van der Waals surface area contributed by atoms with Gasteiger partial charge in [0.25, 0.3) is 0 Å². The summed E-state index contributed by atoms with van der Waals surface area (Å²) in [7, 11) is 0. The second-order valence-electron chi connectivity index (χ2n) is 2.24. The van der Waals surface area contributed by atoms with E-state index in [0.29, 0.717) is 12.0 Å². The van der Waals surface area contributed by atoms with Crippen LogP contribution in [0.3, 0.4) is 0 Å². The van der Waals surface area contributed by atoms with E-state index in [0.717, 1.165) is 6.42 Å². The summed E-state index contributed by atoms with van der Waals surface area (Å²) in [6.45, 7) is 9.28. The molecular weight excluding hydrogens is 140 g/mol. The summed E-state index contributed by atoms with van der Waals surface area (Å²) in [4.78, 5) is 10.9. The number of hydrogen-bond donors (Lipinski definition) is 0. The summed E-state index contributed by atoms with van der Waals surface area (Å²) in [5.74, 6) is -0.313. The molecule has 0 N–H and O–H groups in total. The molecule has 11 heavy (non-hydrogen) atoms. The summed E-state index contributed by atoms with van der Waals surface area (Å²) in [6, 6.07) is 0. The zero-order chi connectivity index (χ0) is 8.69. The quantitative estimate of drug-likeness (QED) is 0.344. The summed E-state index contributed by atoms with van der Waals surface area (Å²) < 4.78 is 4.75. The van der Waals surface area contributed by atoms with Crippen molar-refractivity contribution in [3.05, 3.63) is 24.8 Å². The lowest BCUT2D eigenvalue weighted by molar-refractivity contribution is -0.137. The van der Waals surface area contributed by atoms with Crippen LogP contribution in [0, 0.1) is 0 Å². The smallest absolute Gasteiger partial charge is 0.333 e. The second kappa shape index (κ2) is 5.71. The van der Waals surface area contributed by atoms with Crippen molar-refractivity contribution in [2.24, 2.45) is 0 Å². The first kappa shape index (κ1) is 9.95. The Bertz CT molecular complexity index is 159. The van der Waals surface area contributed by atoms with Gasteiger partial charge in [0.1, 0.15) is 6.61 Å². The highest BCUT2D eigenvalue weighted by molar-refractivity contribution is 5.87. The molecule has 0 heterocycles. The van der Waals surface area contributed by atoms with E-state index >= 15 is 0 Å². The molecule has 0 aliphatic carbocycles. The molecule has 0 rings (SSSR count). The van der Waals surface area contributed by atoms with Gasteiger partial charge in [-0.05, 0) is 6.42 Å². The Kier molecular flexibility index (Phi) is 5.17. The molecule has 0 saturated heterocycles. The first-order chi connectivity index (χ1) is 5.22. The molecule has 0 bridgehead atoms. The molecule has 0 unspecified atom stereocenters. The van der Waals surface area contributed by atoms with E-state index in [9.17, 15) is 4.79 Å². The fourth-order valence-corrected chi connectivity index (χ4v) is 0.641. The van der Waals surface area contributed by atoms with Crippen LogP contribution in [0.25, 0.3) is 0 Å². The molecule has 0 aromatic rings. The topological polar surface area (TPSA) is 26.3 Å². The van der Waals surface area contributed by atoms with E-state index < -0.39 is 0 Å². The van der Waals surface area contributed by atoms with Crippen molar-refractivity contribution in [2.45, 2.75) is 19.8 Å². The molecule has 2 heteroatoms. The molecule has 0 aromatic carbocycles. The number of carbonyl (C=O) groups is 1. The van der Waals surface area contributed by atoms with Crippen molar-refractivity contribution in [3.63, 3.8) is 0 Å². The predicted molar refractivity (Wildman–Crippen MR) is 45.2 cm³/mol. The summed E-state index contributed by atoms with van der Waals surface area (Å²) in [5.41, 5.74) is 0.536. The second-order valence-corrected chi connectivity index (χ2v) is 2.24. The SMILES string of the molecule is C=CCOC(=O)C(=C)CCC. The molecule has 0 saturated carbocycles. The molecule has 0 fully saturated rings. The van der Waals surface area contributed by atoms with Gasteiger partial charge in [-0.2, -0.15) is 0 Å². The van der Waals surface area contributed by atoms with Gasteiger partial charge in [-0.25, -0.2) is 4.79 Å². The van der Waals surface area contributed by atoms with Gasteiger partial charge in [-0.3, -0.25) is 0 Å². The van der Waals surface area contributed by atoms with Gasteiger partial charge in [0.05, 0.1) is 0 Å². The molecule has 0 radical (unpaired) electrons. The number of carbonyl (C=O) groups excluding carboxylic acids is 1. The van der Waals surface area contributed by atoms with Crippen LogP contribution in [0.5, 0.6) is 0 Å². The van der Waals surface area contributed by atoms with Gasteiger partial charge in [0.15, 0.2) is 0 Å². The lowest BCUT2D eigenvalue weighted by Gasteiger charge is -2.02. The van der Waals surface area contributed by atoms with Crippen LogP contribution in [-0.2, 0) is 9.53 Å². The molecule has 0 spiro atoms. The standard InChI is InChI=1S/C9H14O2/c1-4-6-8(3)9(10)11-7-5-2/h5H,2-4,6-7H2,1H3. The first-order valence-electron chi connectivity index (χ1n) is 3.68. The zero-order valence-corrected chi connectivity index (χ0v) is 6.93. The van der Waals surface area contributed by atoms with E-state index in [1.54, 1.807) is 0 Å². The van der Waals surface area contributed by atoms with E-state index in [1.165, 1.54) is 6.08 Å². The highest BCUT2D eigenvalue weighted by Crippen LogP contribution is 2.03. The van der Waals surface area contributed by atoms with Gasteiger partial charge < -0.3 is 4.74 Å². The van der Waals surface area contributed by atoms with Gasteiger partial charge >= 0.3 is 5.97 Å². The van der Waals surface area contributed by atoms with Crippen LogP contribution >= 0.6 is 0 Å². The maximum atomic E-state index is 10.9. The summed E-state index contributed by atoms with van der Waals surface area (Å²) in [6.07, 6.45) is 3.16. The van der Waals surface area contributed by atoms with Crippen molar-refractivity contribution in [1.29, 1.82) is 0 Å². The average Bonchev–Trinajstić information content (AvgIpc) is 2.00. The Balaban J connectivity index is 3.64. The van der Waals surface area contributed by atoms with E-state index in [1.807, 2.05) is 6.92 Å². The van der Waals surface area contributed by atoms with Gasteiger partial charge in [-0.1, -0.05) is 32.6 Å². The van der Waals surface area contributed by atoms with E-state index in [2.05, 4.69) is 13.2 Å². The fraction of sp³-hybridized carbons (Fsp3) is 0.444. The number of ether oxygens (including phenoxy) is 1. The van der Waals surface area contributed by atoms with Crippen molar-refractivity contribution in [3.8, 4) is 0 Å². The maximum Gasteiger partial charge on any atom is 0.333 e. The third kappa shape index (κ3) is 4.37. The minimum absolute atomic E-state index is 0.265. The molecule has 0 aliphatic rings. The molecule has 0 aromatic heterocycles. The highest BCUT2D eigenvalue weighted by atomic mass is 16.5. The highest BCUT2D eigenvalue weighted by Gasteiger charge is 2.04. The lowest BCUT2D eigenvalue weighted by Crippen LogP contribution is -2.06. The Morgan fingerprint density at radius 2 is 2.27 bits per heavy atom. The molecule has 2 nitrogen and oxygen atoms in total. The van der Waals surface area contributed by atoms with E-state index in [-0.39, 0.29) is 12.6 Å². The number of rotatable bonds is 5. The van der Waals surface area contributed by atoms with Crippen molar-refractivity contribution < 1.29 is 9.53 Å². The van der Waals surface area contributed by atoms with Gasteiger partial charge in [0, 0.05) is 5.57 Å². The van der Waals surface area contributed by atoms with Crippen LogP contribution in [0.4, 0.5) is 0 Å². The summed E-state index contributed by atoms with van der Waals surface area (Å²) in [5, 5.41) is 0. The predicted octanol–water partition coefficient (Wildman–Crippen LogP) is 2.07. The van der Waals surface area contributed by atoms with Crippen LogP contribution in [-0.4, -0.2) is 12.6 Å². The average molecular weight is 154 g/mol. The fourth-order valence-electron chi connectivity index (χ4n) is 0.641. The van der Waals surface area contributed by atoms with Crippen LogP contribution < -0.4 is 0 Å². The van der Waals surface area contributed by atoms with Crippen molar-refractivity contribution >= 4 is 5.97 Å². The number of esters is 1. The van der Waals surface area contributed by atoms with Crippen molar-refractivity contribution in [2.75, 3.05) is 6.61 Å². The summed E-state index contributed by atoms with van der Waals surface area (Å²) >= 11 is 0. The third-order valence-electron chi connectivity index (χ3n) is 1.17. The Morgan fingerprint density at radius 3 is 2.73 bits per heavy atom. The lowest BCUT2D eigenvalue weighted by atomic mass is 10.2. The molecule has 0 amide bonds. The molecule has 0 aliphatic heterocycles.